The first kappa shape index (κ1) is 12.5. The van der Waals surface area contributed by atoms with Gasteiger partial charge in [0.25, 0.3) is 0 Å². The SMILES string of the molecule is O=c1[nH]cc(-c2ccc(C(F)(F)F)cc2)c2nccn12. The Balaban J connectivity index is 2.14. The highest BCUT2D eigenvalue weighted by molar-refractivity contribution is 5.76. The van der Waals surface area contributed by atoms with Gasteiger partial charge in [0.2, 0.25) is 0 Å². The number of aromatic amines is 1. The third-order valence-corrected chi connectivity index (χ3v) is 2.96. The summed E-state index contributed by atoms with van der Waals surface area (Å²) in [5.41, 5.74) is 0.431. The normalized spacial score (nSPS) is 11.9. The van der Waals surface area contributed by atoms with Gasteiger partial charge in [-0.25, -0.2) is 9.78 Å². The molecule has 3 rings (SSSR count). The molecule has 0 radical (unpaired) electrons. The second-order valence-corrected chi connectivity index (χ2v) is 4.20. The van der Waals surface area contributed by atoms with E-state index in [0.29, 0.717) is 16.8 Å². The molecule has 0 aliphatic rings. The van der Waals surface area contributed by atoms with Crippen molar-refractivity contribution in [3.05, 3.63) is 58.9 Å². The van der Waals surface area contributed by atoms with Crippen molar-refractivity contribution in [2.45, 2.75) is 6.18 Å². The van der Waals surface area contributed by atoms with Gasteiger partial charge in [-0.3, -0.25) is 4.40 Å². The van der Waals surface area contributed by atoms with Crippen molar-refractivity contribution < 1.29 is 13.2 Å². The molecule has 0 aliphatic carbocycles. The van der Waals surface area contributed by atoms with Crippen LogP contribution in [-0.2, 0) is 6.18 Å². The summed E-state index contributed by atoms with van der Waals surface area (Å²) in [4.78, 5) is 18.1. The minimum atomic E-state index is -4.37. The molecule has 0 fully saturated rings. The van der Waals surface area contributed by atoms with Gasteiger partial charge < -0.3 is 4.98 Å². The lowest BCUT2D eigenvalue weighted by atomic mass is 10.1. The molecule has 0 unspecified atom stereocenters. The lowest BCUT2D eigenvalue weighted by Crippen LogP contribution is -2.15. The number of hydrogen-bond donors (Lipinski definition) is 1. The van der Waals surface area contributed by atoms with E-state index in [-0.39, 0.29) is 5.69 Å². The lowest BCUT2D eigenvalue weighted by Gasteiger charge is -2.08. The molecule has 0 amide bonds. The molecular weight excluding hydrogens is 271 g/mol. The molecule has 2 heterocycles. The van der Waals surface area contributed by atoms with Crippen LogP contribution in [0.4, 0.5) is 13.2 Å². The van der Waals surface area contributed by atoms with Crippen LogP contribution in [0.2, 0.25) is 0 Å². The Morgan fingerprint density at radius 3 is 2.50 bits per heavy atom. The molecule has 0 spiro atoms. The highest BCUT2D eigenvalue weighted by atomic mass is 19.4. The first-order valence-electron chi connectivity index (χ1n) is 5.69. The molecule has 4 nitrogen and oxygen atoms in total. The summed E-state index contributed by atoms with van der Waals surface area (Å²) in [7, 11) is 0. The fourth-order valence-electron chi connectivity index (χ4n) is 1.99. The van der Waals surface area contributed by atoms with Crippen LogP contribution in [0.5, 0.6) is 0 Å². The molecule has 7 heteroatoms. The molecule has 102 valence electrons. The molecule has 20 heavy (non-hydrogen) atoms. The maximum absolute atomic E-state index is 12.5. The van der Waals surface area contributed by atoms with Gasteiger partial charge in [0, 0.05) is 24.2 Å². The summed E-state index contributed by atoms with van der Waals surface area (Å²) in [6.07, 6.45) is 0.0132. The molecule has 0 bridgehead atoms. The predicted octanol–water partition coefficient (Wildman–Crippen LogP) is 2.71. The fraction of sp³-hybridized carbons (Fsp3) is 0.0769. The van der Waals surface area contributed by atoms with Gasteiger partial charge in [-0.2, -0.15) is 13.2 Å². The van der Waals surface area contributed by atoms with E-state index in [4.69, 9.17) is 0 Å². The van der Waals surface area contributed by atoms with Crippen LogP contribution in [0.1, 0.15) is 5.56 Å². The molecule has 1 N–H and O–H groups in total. The Morgan fingerprint density at radius 1 is 1.15 bits per heavy atom. The Kier molecular flexibility index (Phi) is 2.63. The van der Waals surface area contributed by atoms with Gasteiger partial charge in [0.1, 0.15) is 5.65 Å². The van der Waals surface area contributed by atoms with Crippen LogP contribution >= 0.6 is 0 Å². The van der Waals surface area contributed by atoms with Crippen LogP contribution in [0.15, 0.2) is 47.7 Å². The predicted molar refractivity (Wildman–Crippen MR) is 66.3 cm³/mol. The molecule has 0 saturated carbocycles. The van der Waals surface area contributed by atoms with Crippen molar-refractivity contribution in [1.82, 2.24) is 14.4 Å². The molecule has 2 aromatic heterocycles. The van der Waals surface area contributed by atoms with Crippen molar-refractivity contribution in [1.29, 1.82) is 0 Å². The monoisotopic (exact) mass is 279 g/mol. The average Bonchev–Trinajstić information content (AvgIpc) is 2.88. The van der Waals surface area contributed by atoms with Crippen molar-refractivity contribution >= 4 is 5.65 Å². The third kappa shape index (κ3) is 1.97. The number of rotatable bonds is 1. The van der Waals surface area contributed by atoms with Crippen molar-refractivity contribution in [2.75, 3.05) is 0 Å². The summed E-state index contributed by atoms with van der Waals surface area (Å²) in [6, 6.07) is 4.70. The van der Waals surface area contributed by atoms with Gasteiger partial charge in [-0.1, -0.05) is 12.1 Å². The Bertz CT molecular complexity index is 815. The summed E-state index contributed by atoms with van der Waals surface area (Å²) >= 11 is 0. The van der Waals surface area contributed by atoms with E-state index in [1.54, 1.807) is 0 Å². The quantitative estimate of drug-likeness (QED) is 0.744. The maximum Gasteiger partial charge on any atom is 0.416 e. The van der Waals surface area contributed by atoms with Gasteiger partial charge in [0.15, 0.2) is 0 Å². The standard InChI is InChI=1S/C13H8F3N3O/c14-13(15,16)9-3-1-8(2-4-9)10-7-18-12(20)19-6-5-17-11(10)19/h1-7H,(H,18,20). The number of aromatic nitrogens is 3. The second-order valence-electron chi connectivity index (χ2n) is 4.20. The van der Waals surface area contributed by atoms with Crippen LogP contribution in [0, 0.1) is 0 Å². The minimum Gasteiger partial charge on any atom is -0.313 e. The maximum atomic E-state index is 12.5. The van der Waals surface area contributed by atoms with Gasteiger partial charge in [-0.05, 0) is 17.7 Å². The first-order valence-corrected chi connectivity index (χ1v) is 5.69. The van der Waals surface area contributed by atoms with E-state index in [9.17, 15) is 18.0 Å². The number of benzene rings is 1. The van der Waals surface area contributed by atoms with Crippen LogP contribution < -0.4 is 5.69 Å². The van der Waals surface area contributed by atoms with Crippen LogP contribution in [0.3, 0.4) is 0 Å². The summed E-state index contributed by atoms with van der Waals surface area (Å²) in [5, 5.41) is 0. The Labute approximate surface area is 110 Å². The zero-order chi connectivity index (χ0) is 14.3. The van der Waals surface area contributed by atoms with Crippen molar-refractivity contribution in [3.8, 4) is 11.1 Å². The smallest absolute Gasteiger partial charge is 0.313 e. The number of imidazole rings is 1. The molecule has 0 aliphatic heterocycles. The second kappa shape index (κ2) is 4.22. The average molecular weight is 279 g/mol. The zero-order valence-corrected chi connectivity index (χ0v) is 9.98. The van der Waals surface area contributed by atoms with E-state index in [2.05, 4.69) is 9.97 Å². The van der Waals surface area contributed by atoms with Gasteiger partial charge >= 0.3 is 11.9 Å². The van der Waals surface area contributed by atoms with Crippen LogP contribution in [-0.4, -0.2) is 14.4 Å². The Hall–Kier alpha value is -2.57. The topological polar surface area (TPSA) is 50.2 Å². The number of nitrogens with one attached hydrogen (secondary N) is 1. The summed E-state index contributed by atoms with van der Waals surface area (Å²) in [6.45, 7) is 0. The van der Waals surface area contributed by atoms with E-state index >= 15 is 0 Å². The number of nitrogens with zero attached hydrogens (tertiary/aromatic N) is 2. The van der Waals surface area contributed by atoms with E-state index in [1.807, 2.05) is 0 Å². The largest absolute Gasteiger partial charge is 0.416 e. The van der Waals surface area contributed by atoms with Gasteiger partial charge in [-0.15, -0.1) is 0 Å². The van der Waals surface area contributed by atoms with E-state index in [0.717, 1.165) is 12.1 Å². The van der Waals surface area contributed by atoms with Crippen molar-refractivity contribution in [3.63, 3.8) is 0 Å². The Morgan fingerprint density at radius 2 is 1.85 bits per heavy atom. The van der Waals surface area contributed by atoms with Crippen LogP contribution in [0.25, 0.3) is 16.8 Å². The third-order valence-electron chi connectivity index (χ3n) is 2.96. The first-order chi connectivity index (χ1) is 9.47. The molecule has 3 aromatic rings. The number of halogens is 3. The van der Waals surface area contributed by atoms with E-state index < -0.39 is 11.7 Å². The summed E-state index contributed by atoms with van der Waals surface area (Å²) in [5.74, 6) is 0. The molecule has 0 atom stereocenters. The van der Waals surface area contributed by atoms with Gasteiger partial charge in [0.05, 0.1) is 5.56 Å². The van der Waals surface area contributed by atoms with E-state index in [1.165, 1.54) is 35.1 Å². The molecule has 1 aromatic carbocycles. The number of H-pyrrole nitrogens is 1. The number of alkyl halides is 3. The molecular formula is C13H8F3N3O. The highest BCUT2D eigenvalue weighted by Gasteiger charge is 2.30. The molecule has 0 saturated heterocycles. The minimum absolute atomic E-state index is 0.354. The number of hydrogen-bond acceptors (Lipinski definition) is 2. The zero-order valence-electron chi connectivity index (χ0n) is 9.98. The lowest BCUT2D eigenvalue weighted by molar-refractivity contribution is -0.137. The highest BCUT2D eigenvalue weighted by Crippen LogP contribution is 2.31. The number of fused-ring (bicyclic) bond motifs is 1. The van der Waals surface area contributed by atoms with Crippen molar-refractivity contribution in [2.24, 2.45) is 0 Å². The fourth-order valence-corrected chi connectivity index (χ4v) is 1.99. The summed E-state index contributed by atoms with van der Waals surface area (Å²) < 4.78 is 38.8.